The topological polar surface area (TPSA) is 61.4 Å². The molecule has 0 bridgehead atoms. The number of aryl methyl sites for hydroxylation is 1. The van der Waals surface area contributed by atoms with E-state index in [0.717, 1.165) is 38.2 Å². The van der Waals surface area contributed by atoms with Crippen LogP contribution in [0.2, 0.25) is 0 Å². The van der Waals surface area contributed by atoms with Crippen LogP contribution >= 0.6 is 15.9 Å². The molecule has 148 valence electrons. The number of halogens is 1. The molecule has 0 aliphatic heterocycles. The lowest BCUT2D eigenvalue weighted by molar-refractivity contribution is 0.415. The van der Waals surface area contributed by atoms with E-state index in [1.807, 2.05) is 61.5 Å². The van der Waals surface area contributed by atoms with Crippen molar-refractivity contribution >= 4 is 32.5 Å². The molecule has 0 amide bonds. The third kappa shape index (κ3) is 2.90. The molecule has 7 heteroatoms. The normalized spacial score (nSPS) is 11.3. The summed E-state index contributed by atoms with van der Waals surface area (Å²) in [7, 11) is 1.64. The molecule has 2 aromatic carbocycles. The van der Waals surface area contributed by atoms with E-state index in [4.69, 9.17) is 4.74 Å². The summed E-state index contributed by atoms with van der Waals surface area (Å²) in [4.78, 5) is 17.8. The SMILES string of the molecule is COc1ccc(-c2c(C)nn3c2ncc2c(=O)n(-c4ccc(Br)cc4)ccc23)cc1. The Morgan fingerprint density at radius 1 is 1.00 bits per heavy atom. The maximum Gasteiger partial charge on any atom is 0.266 e. The Kier molecular flexibility index (Phi) is 4.40. The fourth-order valence-electron chi connectivity index (χ4n) is 3.68. The first-order valence-corrected chi connectivity index (χ1v) is 10.2. The average molecular weight is 461 g/mol. The zero-order valence-corrected chi connectivity index (χ0v) is 17.9. The Hall–Kier alpha value is -3.45. The Morgan fingerprint density at radius 2 is 1.73 bits per heavy atom. The number of methoxy groups -OCH3 is 1. The Bertz CT molecular complexity index is 1450. The number of rotatable bonds is 3. The lowest BCUT2D eigenvalue weighted by Crippen LogP contribution is -2.18. The first-order chi connectivity index (χ1) is 14.6. The molecule has 3 aromatic heterocycles. The van der Waals surface area contributed by atoms with Gasteiger partial charge in [0.15, 0.2) is 5.65 Å². The summed E-state index contributed by atoms with van der Waals surface area (Å²) in [6.45, 7) is 1.95. The van der Waals surface area contributed by atoms with Crippen LogP contribution in [0.15, 0.2) is 76.3 Å². The van der Waals surface area contributed by atoms with Crippen molar-refractivity contribution < 1.29 is 4.74 Å². The van der Waals surface area contributed by atoms with E-state index in [1.165, 1.54) is 0 Å². The predicted octanol–water partition coefficient (Wildman–Crippen LogP) is 4.78. The molecule has 3 heterocycles. The molecule has 0 saturated carbocycles. The van der Waals surface area contributed by atoms with Crippen LogP contribution in [0.3, 0.4) is 0 Å². The van der Waals surface area contributed by atoms with Crippen LogP contribution < -0.4 is 10.3 Å². The van der Waals surface area contributed by atoms with Crippen molar-refractivity contribution in [3.8, 4) is 22.6 Å². The summed E-state index contributed by atoms with van der Waals surface area (Å²) in [5.41, 5.74) is 4.88. The smallest absolute Gasteiger partial charge is 0.266 e. The van der Waals surface area contributed by atoms with Crippen LogP contribution in [-0.2, 0) is 0 Å². The summed E-state index contributed by atoms with van der Waals surface area (Å²) >= 11 is 3.42. The maximum absolute atomic E-state index is 13.1. The van der Waals surface area contributed by atoms with Crippen molar-refractivity contribution in [2.24, 2.45) is 0 Å². The molecule has 0 fully saturated rings. The molecule has 6 nitrogen and oxygen atoms in total. The second kappa shape index (κ2) is 7.11. The van der Waals surface area contributed by atoms with E-state index in [1.54, 1.807) is 28.6 Å². The summed E-state index contributed by atoms with van der Waals surface area (Å²) in [6.07, 6.45) is 3.41. The molecule has 0 aliphatic rings. The van der Waals surface area contributed by atoms with E-state index in [9.17, 15) is 4.79 Å². The zero-order chi connectivity index (χ0) is 20.8. The highest BCUT2D eigenvalue weighted by atomic mass is 79.9. The van der Waals surface area contributed by atoms with E-state index >= 15 is 0 Å². The van der Waals surface area contributed by atoms with Gasteiger partial charge >= 0.3 is 0 Å². The van der Waals surface area contributed by atoms with Crippen molar-refractivity contribution in [2.75, 3.05) is 7.11 Å². The van der Waals surface area contributed by atoms with Gasteiger partial charge in [-0.25, -0.2) is 9.50 Å². The van der Waals surface area contributed by atoms with Gasteiger partial charge in [-0.1, -0.05) is 28.1 Å². The second-order valence-corrected chi connectivity index (χ2v) is 7.86. The van der Waals surface area contributed by atoms with Crippen LogP contribution in [0, 0.1) is 6.92 Å². The molecule has 5 aromatic rings. The fraction of sp³-hybridized carbons (Fsp3) is 0.0870. The monoisotopic (exact) mass is 460 g/mol. The molecule has 0 unspecified atom stereocenters. The van der Waals surface area contributed by atoms with Gasteiger partial charge in [0.1, 0.15) is 5.75 Å². The minimum absolute atomic E-state index is 0.136. The lowest BCUT2D eigenvalue weighted by Gasteiger charge is -2.08. The number of ether oxygens (including phenoxy) is 1. The molecule has 5 rings (SSSR count). The minimum Gasteiger partial charge on any atom is -0.497 e. The van der Waals surface area contributed by atoms with Crippen molar-refractivity contribution in [3.63, 3.8) is 0 Å². The van der Waals surface area contributed by atoms with E-state index in [0.29, 0.717) is 11.0 Å². The number of aromatic nitrogens is 4. The largest absolute Gasteiger partial charge is 0.497 e. The minimum atomic E-state index is -0.136. The highest BCUT2D eigenvalue weighted by Gasteiger charge is 2.16. The van der Waals surface area contributed by atoms with Gasteiger partial charge in [0, 0.05) is 28.1 Å². The third-order valence-electron chi connectivity index (χ3n) is 5.17. The molecule has 0 atom stereocenters. The highest BCUT2D eigenvalue weighted by Crippen LogP contribution is 2.30. The Balaban J connectivity index is 1.72. The summed E-state index contributed by atoms with van der Waals surface area (Å²) in [6, 6.07) is 17.3. The molecule has 0 saturated heterocycles. The third-order valence-corrected chi connectivity index (χ3v) is 5.70. The standard InChI is InChI=1S/C23H17BrN4O2/c1-14-21(15-3-9-18(30-2)10-4-15)22-25-13-19-20(28(22)26-14)11-12-27(23(19)29)17-7-5-16(24)6-8-17/h3-13H,1-2H3. The summed E-state index contributed by atoms with van der Waals surface area (Å²) in [5.74, 6) is 0.791. The van der Waals surface area contributed by atoms with Crippen LogP contribution in [0.1, 0.15) is 5.69 Å². The summed E-state index contributed by atoms with van der Waals surface area (Å²) in [5, 5.41) is 5.19. The first kappa shape index (κ1) is 18.6. The number of pyridine rings is 1. The van der Waals surface area contributed by atoms with Crippen molar-refractivity contribution in [2.45, 2.75) is 6.92 Å². The van der Waals surface area contributed by atoms with Crippen molar-refractivity contribution in [1.82, 2.24) is 19.2 Å². The number of benzene rings is 2. The fourth-order valence-corrected chi connectivity index (χ4v) is 3.94. The quantitative estimate of drug-likeness (QED) is 0.388. The van der Waals surface area contributed by atoms with Gasteiger partial charge in [-0.3, -0.25) is 9.36 Å². The second-order valence-electron chi connectivity index (χ2n) is 6.95. The number of fused-ring (bicyclic) bond motifs is 3. The molecule has 30 heavy (non-hydrogen) atoms. The highest BCUT2D eigenvalue weighted by molar-refractivity contribution is 9.10. The Labute approximate surface area is 180 Å². The molecule has 0 radical (unpaired) electrons. The van der Waals surface area contributed by atoms with Crippen molar-refractivity contribution in [3.05, 3.63) is 87.5 Å². The maximum atomic E-state index is 13.1. The first-order valence-electron chi connectivity index (χ1n) is 9.37. The van der Waals surface area contributed by atoms with Crippen LogP contribution in [-0.4, -0.2) is 26.3 Å². The molecule has 0 N–H and O–H groups in total. The van der Waals surface area contributed by atoms with Gasteiger partial charge in [0.05, 0.1) is 23.7 Å². The molecular formula is C23H17BrN4O2. The Morgan fingerprint density at radius 3 is 2.43 bits per heavy atom. The van der Waals surface area contributed by atoms with Gasteiger partial charge in [0.2, 0.25) is 0 Å². The van der Waals surface area contributed by atoms with Crippen LogP contribution in [0.4, 0.5) is 0 Å². The van der Waals surface area contributed by atoms with Gasteiger partial charge in [-0.15, -0.1) is 0 Å². The number of hydrogen-bond acceptors (Lipinski definition) is 4. The van der Waals surface area contributed by atoms with Crippen molar-refractivity contribution in [1.29, 1.82) is 0 Å². The summed E-state index contributed by atoms with van der Waals surface area (Å²) < 4.78 is 9.57. The zero-order valence-electron chi connectivity index (χ0n) is 16.3. The van der Waals surface area contributed by atoms with Crippen LogP contribution in [0.25, 0.3) is 33.4 Å². The average Bonchev–Trinajstić information content (AvgIpc) is 3.11. The molecular weight excluding hydrogens is 444 g/mol. The molecule has 0 spiro atoms. The van der Waals surface area contributed by atoms with Crippen LogP contribution in [0.5, 0.6) is 5.75 Å². The lowest BCUT2D eigenvalue weighted by atomic mass is 10.1. The van der Waals surface area contributed by atoms with E-state index in [2.05, 4.69) is 26.0 Å². The van der Waals surface area contributed by atoms with Gasteiger partial charge in [-0.2, -0.15) is 5.10 Å². The van der Waals surface area contributed by atoms with Gasteiger partial charge < -0.3 is 4.74 Å². The predicted molar refractivity (Wildman–Crippen MR) is 121 cm³/mol. The van der Waals surface area contributed by atoms with Gasteiger partial charge in [0.25, 0.3) is 5.56 Å². The number of hydrogen-bond donors (Lipinski definition) is 0. The van der Waals surface area contributed by atoms with Gasteiger partial charge in [-0.05, 0) is 55.0 Å². The molecule has 0 aliphatic carbocycles. The van der Waals surface area contributed by atoms with E-state index < -0.39 is 0 Å². The number of nitrogens with zero attached hydrogens (tertiary/aromatic N) is 4. The van der Waals surface area contributed by atoms with E-state index in [-0.39, 0.29) is 5.56 Å².